The highest BCUT2D eigenvalue weighted by Gasteiger charge is 2.41. The second kappa shape index (κ2) is 7.59. The average molecular weight is 408 g/mol. The Kier molecular flexibility index (Phi) is 4.93. The number of nitrogens with one attached hydrogen (secondary N) is 1. The van der Waals surface area contributed by atoms with Crippen LogP contribution in [0.4, 0.5) is 5.82 Å². The smallest absolute Gasteiger partial charge is 0.224 e. The minimum Gasteiger partial charge on any atom is -0.353 e. The highest BCUT2D eigenvalue weighted by atomic mass is 35.5. The Bertz CT molecular complexity index is 968. The normalized spacial score (nSPS) is 25.9. The molecule has 2 heterocycles. The first-order valence-electron chi connectivity index (χ1n) is 10.7. The van der Waals surface area contributed by atoms with Gasteiger partial charge in [0.25, 0.3) is 0 Å². The first-order chi connectivity index (χ1) is 14.2. The third kappa shape index (κ3) is 3.39. The summed E-state index contributed by atoms with van der Waals surface area (Å²) in [4.78, 5) is 11.7. The van der Waals surface area contributed by atoms with Crippen molar-refractivity contribution in [3.63, 3.8) is 0 Å². The third-order valence-electron chi connectivity index (χ3n) is 6.99. The van der Waals surface area contributed by atoms with Crippen LogP contribution in [0.25, 0.3) is 0 Å². The van der Waals surface area contributed by atoms with E-state index in [-0.39, 0.29) is 11.5 Å². The number of aryl methyl sites for hydroxylation is 1. The van der Waals surface area contributed by atoms with Gasteiger partial charge < -0.3 is 10.2 Å². The number of anilines is 1. The molecule has 150 valence electrons. The molecular formula is C23H26ClN5. The average Bonchev–Trinajstić information content (AvgIpc) is 2.74. The number of nitriles is 1. The number of hydrogen-bond donors (Lipinski definition) is 1. The van der Waals surface area contributed by atoms with E-state index in [0.717, 1.165) is 50.4 Å². The van der Waals surface area contributed by atoms with Crippen LogP contribution in [-0.2, 0) is 24.7 Å². The molecule has 29 heavy (non-hydrogen) atoms. The molecule has 6 heteroatoms. The van der Waals surface area contributed by atoms with Crippen LogP contribution in [0, 0.1) is 11.3 Å². The van der Waals surface area contributed by atoms with E-state index in [2.05, 4.69) is 45.5 Å². The van der Waals surface area contributed by atoms with Gasteiger partial charge in [0.1, 0.15) is 5.82 Å². The van der Waals surface area contributed by atoms with Crippen LogP contribution in [0.1, 0.15) is 48.1 Å². The Balaban J connectivity index is 1.50. The van der Waals surface area contributed by atoms with Gasteiger partial charge in [0.15, 0.2) is 0 Å². The summed E-state index contributed by atoms with van der Waals surface area (Å²) in [5.41, 5.74) is 5.59. The maximum Gasteiger partial charge on any atom is 0.224 e. The summed E-state index contributed by atoms with van der Waals surface area (Å²) < 4.78 is 0. The molecule has 2 atom stereocenters. The standard InChI is InChI=1S/C23H26ClN5/c24-22-27-20-14-23(9-3-5-16-4-1-2-6-19(16)23)10-7-18(20)21(28-22)29-13-12-26-17(15-29)8-11-25/h1-2,4,6,17,26H,3,5,7-10,12-15H2. The quantitative estimate of drug-likeness (QED) is 0.771. The number of hydrogen-bond acceptors (Lipinski definition) is 5. The number of nitrogens with zero attached hydrogens (tertiary/aromatic N) is 4. The van der Waals surface area contributed by atoms with Crippen molar-refractivity contribution in [2.75, 3.05) is 24.5 Å². The van der Waals surface area contributed by atoms with E-state index in [0.29, 0.717) is 11.7 Å². The van der Waals surface area contributed by atoms with Gasteiger partial charge in [-0.1, -0.05) is 24.3 Å². The zero-order valence-corrected chi connectivity index (χ0v) is 17.4. The number of rotatable bonds is 2. The molecule has 3 aliphatic rings. The van der Waals surface area contributed by atoms with Gasteiger partial charge in [0.05, 0.1) is 18.2 Å². The Morgan fingerprint density at radius 1 is 1.24 bits per heavy atom. The molecule has 5 nitrogen and oxygen atoms in total. The molecule has 5 rings (SSSR count). The molecule has 2 unspecified atom stereocenters. The van der Waals surface area contributed by atoms with Gasteiger partial charge in [0, 0.05) is 36.7 Å². The fraction of sp³-hybridized carbons (Fsp3) is 0.522. The summed E-state index contributed by atoms with van der Waals surface area (Å²) in [7, 11) is 0. The van der Waals surface area contributed by atoms with Crippen molar-refractivity contribution in [2.24, 2.45) is 0 Å². The van der Waals surface area contributed by atoms with Crippen LogP contribution in [0.3, 0.4) is 0 Å². The first-order valence-corrected chi connectivity index (χ1v) is 11.1. The van der Waals surface area contributed by atoms with E-state index < -0.39 is 0 Å². The number of aromatic nitrogens is 2. The summed E-state index contributed by atoms with van der Waals surface area (Å²) in [6.07, 6.45) is 7.23. The minimum absolute atomic E-state index is 0.179. The summed E-state index contributed by atoms with van der Waals surface area (Å²) in [5, 5.41) is 12.9. The molecule has 2 aromatic rings. The number of piperazine rings is 1. The molecule has 1 aliphatic heterocycles. The van der Waals surface area contributed by atoms with Crippen molar-refractivity contribution in [2.45, 2.75) is 56.4 Å². The summed E-state index contributed by atoms with van der Waals surface area (Å²) >= 11 is 6.41. The summed E-state index contributed by atoms with van der Waals surface area (Å²) in [5.74, 6) is 0.989. The van der Waals surface area contributed by atoms with E-state index in [1.54, 1.807) is 0 Å². The van der Waals surface area contributed by atoms with Gasteiger partial charge in [0.2, 0.25) is 5.28 Å². The summed E-state index contributed by atoms with van der Waals surface area (Å²) in [6.45, 7) is 2.54. The molecule has 1 fully saturated rings. The van der Waals surface area contributed by atoms with E-state index in [1.807, 2.05) is 0 Å². The lowest BCUT2D eigenvalue weighted by molar-refractivity contribution is 0.312. The lowest BCUT2D eigenvalue weighted by Crippen LogP contribution is -2.51. The van der Waals surface area contributed by atoms with Gasteiger partial charge in [-0.05, 0) is 61.3 Å². The molecular weight excluding hydrogens is 382 g/mol. The van der Waals surface area contributed by atoms with Crippen molar-refractivity contribution in [3.8, 4) is 6.07 Å². The Labute approximate surface area is 177 Å². The Morgan fingerprint density at radius 3 is 3.03 bits per heavy atom. The molecule has 1 saturated heterocycles. The Morgan fingerprint density at radius 2 is 2.14 bits per heavy atom. The van der Waals surface area contributed by atoms with Crippen molar-refractivity contribution >= 4 is 17.4 Å². The van der Waals surface area contributed by atoms with Crippen molar-refractivity contribution < 1.29 is 0 Å². The molecule has 0 amide bonds. The molecule has 2 aliphatic carbocycles. The van der Waals surface area contributed by atoms with E-state index in [1.165, 1.54) is 36.0 Å². The molecule has 0 saturated carbocycles. The molecule has 1 aromatic heterocycles. The van der Waals surface area contributed by atoms with E-state index >= 15 is 0 Å². The number of fused-ring (bicyclic) bond motifs is 3. The van der Waals surface area contributed by atoms with Crippen molar-refractivity contribution in [3.05, 3.63) is 51.9 Å². The second-order valence-corrected chi connectivity index (χ2v) is 9.01. The minimum atomic E-state index is 0.179. The van der Waals surface area contributed by atoms with Crippen LogP contribution < -0.4 is 10.2 Å². The molecule has 0 radical (unpaired) electrons. The topological polar surface area (TPSA) is 64.8 Å². The van der Waals surface area contributed by atoms with Crippen molar-refractivity contribution in [1.29, 1.82) is 5.26 Å². The van der Waals surface area contributed by atoms with Crippen LogP contribution in [0.5, 0.6) is 0 Å². The maximum absolute atomic E-state index is 9.08. The van der Waals surface area contributed by atoms with Gasteiger partial charge in [-0.2, -0.15) is 5.26 Å². The SMILES string of the molecule is N#CCC1CN(c2nc(Cl)nc3c2CCC2(CCCc4ccccc42)C3)CCN1. The summed E-state index contributed by atoms with van der Waals surface area (Å²) in [6, 6.07) is 11.4. The Hall–Kier alpha value is -2.16. The maximum atomic E-state index is 9.08. The predicted molar refractivity (Wildman–Crippen MR) is 114 cm³/mol. The fourth-order valence-electron chi connectivity index (χ4n) is 5.64. The largest absolute Gasteiger partial charge is 0.353 e. The van der Waals surface area contributed by atoms with Crippen LogP contribution in [-0.4, -0.2) is 35.6 Å². The van der Waals surface area contributed by atoms with Crippen LogP contribution in [0.2, 0.25) is 5.28 Å². The second-order valence-electron chi connectivity index (χ2n) is 8.67. The first kappa shape index (κ1) is 18.8. The fourth-order valence-corrected chi connectivity index (χ4v) is 5.82. The highest BCUT2D eigenvalue weighted by Crippen LogP contribution is 2.47. The molecule has 0 bridgehead atoms. The van der Waals surface area contributed by atoms with Crippen molar-refractivity contribution in [1.82, 2.24) is 15.3 Å². The van der Waals surface area contributed by atoms with E-state index in [9.17, 15) is 0 Å². The molecule has 1 N–H and O–H groups in total. The van der Waals surface area contributed by atoms with Gasteiger partial charge >= 0.3 is 0 Å². The molecule has 1 spiro atoms. The van der Waals surface area contributed by atoms with Gasteiger partial charge in [-0.3, -0.25) is 0 Å². The van der Waals surface area contributed by atoms with Gasteiger partial charge in [-0.15, -0.1) is 0 Å². The lowest BCUT2D eigenvalue weighted by atomic mass is 9.62. The monoisotopic (exact) mass is 407 g/mol. The van der Waals surface area contributed by atoms with Crippen LogP contribution in [0.15, 0.2) is 24.3 Å². The zero-order valence-electron chi connectivity index (χ0n) is 16.6. The highest BCUT2D eigenvalue weighted by molar-refractivity contribution is 6.28. The number of halogens is 1. The predicted octanol–water partition coefficient (Wildman–Crippen LogP) is 3.58. The van der Waals surface area contributed by atoms with Crippen LogP contribution >= 0.6 is 11.6 Å². The van der Waals surface area contributed by atoms with E-state index in [4.69, 9.17) is 21.8 Å². The van der Waals surface area contributed by atoms with Gasteiger partial charge in [-0.25, -0.2) is 9.97 Å². The third-order valence-corrected chi connectivity index (χ3v) is 7.15. The lowest BCUT2D eigenvalue weighted by Gasteiger charge is -2.43. The zero-order chi connectivity index (χ0) is 19.8. The molecule has 1 aromatic carbocycles. The number of benzene rings is 1.